The molecule has 0 aromatic heterocycles. The van der Waals surface area contributed by atoms with E-state index in [2.05, 4.69) is 22.9 Å². The van der Waals surface area contributed by atoms with Crippen molar-refractivity contribution in [3.05, 3.63) is 0 Å². The number of nitrogens with one attached hydrogen (secondary N) is 3. The molecule has 1 heterocycles. The molecule has 2 amide bonds. The minimum atomic E-state index is 0.0882. The van der Waals surface area contributed by atoms with Gasteiger partial charge in [-0.05, 0) is 31.7 Å². The van der Waals surface area contributed by atoms with Gasteiger partial charge in [-0.2, -0.15) is 0 Å². The Balaban J connectivity index is 1.54. The normalized spacial score (nSPS) is 26.9. The van der Waals surface area contributed by atoms with Crippen molar-refractivity contribution in [1.82, 2.24) is 16.0 Å². The van der Waals surface area contributed by atoms with Gasteiger partial charge >= 0.3 is 0 Å². The summed E-state index contributed by atoms with van der Waals surface area (Å²) in [6.45, 7) is 4.38. The SMILES string of the molecule is C[C@@H]1CNC[C@H]1C(=O)NCCCC(=O)NC1CC1. The number of carbonyl (C=O) groups excluding carboxylic acids is 2. The van der Waals surface area contributed by atoms with Crippen molar-refractivity contribution in [1.29, 1.82) is 0 Å². The summed E-state index contributed by atoms with van der Waals surface area (Å²) < 4.78 is 0. The fourth-order valence-electron chi connectivity index (χ4n) is 2.28. The molecule has 1 aliphatic carbocycles. The zero-order valence-electron chi connectivity index (χ0n) is 11.0. The molecule has 0 aromatic rings. The first-order valence-corrected chi connectivity index (χ1v) is 6.94. The molecule has 1 aliphatic heterocycles. The van der Waals surface area contributed by atoms with Gasteiger partial charge in [-0.15, -0.1) is 0 Å². The Bertz CT molecular complexity index is 315. The Morgan fingerprint density at radius 3 is 2.67 bits per heavy atom. The molecule has 2 atom stereocenters. The second-order valence-corrected chi connectivity index (χ2v) is 5.48. The predicted molar refractivity (Wildman–Crippen MR) is 68.9 cm³/mol. The first-order chi connectivity index (χ1) is 8.66. The van der Waals surface area contributed by atoms with Crippen molar-refractivity contribution in [3.8, 4) is 0 Å². The molecular weight excluding hydrogens is 230 g/mol. The van der Waals surface area contributed by atoms with Crippen molar-refractivity contribution < 1.29 is 9.59 Å². The van der Waals surface area contributed by atoms with Gasteiger partial charge in [-0.25, -0.2) is 0 Å². The third kappa shape index (κ3) is 3.98. The highest BCUT2D eigenvalue weighted by Gasteiger charge is 2.29. The standard InChI is InChI=1S/C13H23N3O2/c1-9-7-14-8-11(9)13(18)15-6-2-3-12(17)16-10-4-5-10/h9-11,14H,2-8H2,1H3,(H,15,18)(H,16,17)/t9-,11-/m1/s1. The van der Waals surface area contributed by atoms with Crippen LogP contribution in [0.2, 0.25) is 0 Å². The fourth-order valence-corrected chi connectivity index (χ4v) is 2.28. The smallest absolute Gasteiger partial charge is 0.224 e. The molecule has 5 heteroatoms. The summed E-state index contributed by atoms with van der Waals surface area (Å²) in [7, 11) is 0. The van der Waals surface area contributed by atoms with Crippen molar-refractivity contribution in [3.63, 3.8) is 0 Å². The van der Waals surface area contributed by atoms with Gasteiger partial charge in [0.1, 0.15) is 0 Å². The Kier molecular flexibility index (Phi) is 4.58. The Hall–Kier alpha value is -1.10. The van der Waals surface area contributed by atoms with Crippen LogP contribution in [0, 0.1) is 11.8 Å². The molecule has 1 saturated heterocycles. The summed E-state index contributed by atoms with van der Waals surface area (Å²) in [6, 6.07) is 0.428. The number of rotatable bonds is 6. The van der Waals surface area contributed by atoms with E-state index >= 15 is 0 Å². The van der Waals surface area contributed by atoms with Crippen molar-refractivity contribution in [2.75, 3.05) is 19.6 Å². The van der Waals surface area contributed by atoms with Crippen molar-refractivity contribution >= 4 is 11.8 Å². The minimum absolute atomic E-state index is 0.0882. The van der Waals surface area contributed by atoms with Crippen LogP contribution in [-0.4, -0.2) is 37.5 Å². The van der Waals surface area contributed by atoms with Crippen LogP contribution in [0.15, 0.2) is 0 Å². The van der Waals surface area contributed by atoms with Crippen molar-refractivity contribution in [2.24, 2.45) is 11.8 Å². The predicted octanol–water partition coefficient (Wildman–Crippen LogP) is 0.0169. The molecule has 5 nitrogen and oxygen atoms in total. The average molecular weight is 253 g/mol. The van der Waals surface area contributed by atoms with Crippen LogP contribution in [0.25, 0.3) is 0 Å². The van der Waals surface area contributed by atoms with Crippen LogP contribution in [0.4, 0.5) is 0 Å². The summed E-state index contributed by atoms with van der Waals surface area (Å²) in [4.78, 5) is 23.2. The van der Waals surface area contributed by atoms with Gasteiger partial charge < -0.3 is 16.0 Å². The zero-order chi connectivity index (χ0) is 13.0. The molecule has 0 radical (unpaired) electrons. The van der Waals surface area contributed by atoms with E-state index in [9.17, 15) is 9.59 Å². The third-order valence-corrected chi connectivity index (χ3v) is 3.68. The van der Waals surface area contributed by atoms with E-state index in [1.54, 1.807) is 0 Å². The topological polar surface area (TPSA) is 70.2 Å². The van der Waals surface area contributed by atoms with Gasteiger partial charge in [-0.3, -0.25) is 9.59 Å². The van der Waals surface area contributed by atoms with Crippen LogP contribution in [0.1, 0.15) is 32.6 Å². The molecule has 18 heavy (non-hydrogen) atoms. The second kappa shape index (κ2) is 6.18. The van der Waals surface area contributed by atoms with Gasteiger partial charge in [0.15, 0.2) is 0 Å². The highest BCUT2D eigenvalue weighted by molar-refractivity contribution is 5.79. The summed E-state index contributed by atoms with van der Waals surface area (Å²) in [5.41, 5.74) is 0. The summed E-state index contributed by atoms with van der Waals surface area (Å²) >= 11 is 0. The van der Waals surface area contributed by atoms with Crippen LogP contribution >= 0.6 is 0 Å². The molecule has 3 N–H and O–H groups in total. The van der Waals surface area contributed by atoms with Crippen LogP contribution in [0.3, 0.4) is 0 Å². The maximum Gasteiger partial charge on any atom is 0.224 e. The highest BCUT2D eigenvalue weighted by Crippen LogP contribution is 2.18. The van der Waals surface area contributed by atoms with E-state index in [0.717, 1.165) is 32.4 Å². The molecule has 2 fully saturated rings. The minimum Gasteiger partial charge on any atom is -0.356 e. The number of hydrogen-bond acceptors (Lipinski definition) is 3. The highest BCUT2D eigenvalue weighted by atomic mass is 16.2. The maximum atomic E-state index is 11.8. The number of amides is 2. The Morgan fingerprint density at radius 2 is 2.06 bits per heavy atom. The molecule has 2 rings (SSSR count). The lowest BCUT2D eigenvalue weighted by Crippen LogP contribution is -2.35. The van der Waals surface area contributed by atoms with E-state index in [0.29, 0.717) is 24.9 Å². The quantitative estimate of drug-likeness (QED) is 0.584. The van der Waals surface area contributed by atoms with Gasteiger partial charge in [0.25, 0.3) is 0 Å². The summed E-state index contributed by atoms with van der Waals surface area (Å²) in [5.74, 6) is 0.728. The molecular formula is C13H23N3O2. The van der Waals surface area contributed by atoms with Gasteiger partial charge in [0.05, 0.1) is 5.92 Å². The van der Waals surface area contributed by atoms with Gasteiger partial charge in [-0.1, -0.05) is 6.92 Å². The second-order valence-electron chi connectivity index (χ2n) is 5.48. The molecule has 1 saturated carbocycles. The number of carbonyl (C=O) groups is 2. The monoisotopic (exact) mass is 253 g/mol. The Labute approximate surface area is 108 Å². The lowest BCUT2D eigenvalue weighted by atomic mass is 9.97. The zero-order valence-corrected chi connectivity index (χ0v) is 11.0. The largest absolute Gasteiger partial charge is 0.356 e. The molecule has 0 bridgehead atoms. The van der Waals surface area contributed by atoms with Crippen molar-refractivity contribution in [2.45, 2.75) is 38.6 Å². The van der Waals surface area contributed by atoms with Crippen LogP contribution in [-0.2, 0) is 9.59 Å². The summed E-state index contributed by atoms with van der Waals surface area (Å²) in [6.07, 6.45) is 3.47. The van der Waals surface area contributed by atoms with Gasteiger partial charge in [0, 0.05) is 25.6 Å². The fraction of sp³-hybridized carbons (Fsp3) is 0.846. The maximum absolute atomic E-state index is 11.8. The van der Waals surface area contributed by atoms with Crippen LogP contribution < -0.4 is 16.0 Å². The van der Waals surface area contributed by atoms with E-state index in [1.165, 1.54) is 0 Å². The Morgan fingerprint density at radius 1 is 1.28 bits per heavy atom. The first kappa shape index (κ1) is 13.3. The summed E-state index contributed by atoms with van der Waals surface area (Å²) in [5, 5.41) is 9.08. The lowest BCUT2D eigenvalue weighted by molar-refractivity contribution is -0.126. The molecule has 0 unspecified atom stereocenters. The molecule has 0 spiro atoms. The van der Waals surface area contributed by atoms with E-state index in [4.69, 9.17) is 0 Å². The first-order valence-electron chi connectivity index (χ1n) is 6.94. The van der Waals surface area contributed by atoms with E-state index < -0.39 is 0 Å². The number of hydrogen-bond donors (Lipinski definition) is 3. The average Bonchev–Trinajstić information content (AvgIpc) is 3.04. The van der Waals surface area contributed by atoms with Crippen LogP contribution in [0.5, 0.6) is 0 Å². The molecule has 2 aliphatic rings. The third-order valence-electron chi connectivity index (χ3n) is 3.68. The molecule has 0 aromatic carbocycles. The van der Waals surface area contributed by atoms with E-state index in [-0.39, 0.29) is 17.7 Å². The van der Waals surface area contributed by atoms with Gasteiger partial charge in [0.2, 0.25) is 11.8 Å². The lowest BCUT2D eigenvalue weighted by Gasteiger charge is -2.14. The van der Waals surface area contributed by atoms with E-state index in [1.807, 2.05) is 0 Å². The molecule has 102 valence electrons.